The van der Waals surface area contributed by atoms with E-state index in [1.54, 1.807) is 23.1 Å². The van der Waals surface area contributed by atoms with Gasteiger partial charge in [0.15, 0.2) is 0 Å². The molecule has 3 rings (SSSR count). The Labute approximate surface area is 177 Å². The van der Waals surface area contributed by atoms with Gasteiger partial charge in [-0.05, 0) is 35.9 Å². The number of hydrogen-bond acceptors (Lipinski definition) is 4. The van der Waals surface area contributed by atoms with Gasteiger partial charge < -0.3 is 14.4 Å². The maximum Gasteiger partial charge on any atom is 0.254 e. The SMILES string of the molecule is N#CCCN(Cc1ccccc1)C(=O)c1cccc(OCCOc2ccccc2)c1. The van der Waals surface area contributed by atoms with Crippen LogP contribution in [0.2, 0.25) is 0 Å². The number of amides is 1. The maximum atomic E-state index is 13.1. The van der Waals surface area contributed by atoms with Crippen molar-refractivity contribution in [3.8, 4) is 17.6 Å². The molecule has 0 atom stereocenters. The molecule has 0 aliphatic heterocycles. The lowest BCUT2D eigenvalue weighted by atomic mass is 10.1. The highest BCUT2D eigenvalue weighted by Crippen LogP contribution is 2.17. The molecule has 1 amide bonds. The highest BCUT2D eigenvalue weighted by atomic mass is 16.5. The van der Waals surface area contributed by atoms with Gasteiger partial charge in [0.1, 0.15) is 24.7 Å². The number of carbonyl (C=O) groups excluding carboxylic acids is 1. The Morgan fingerprint density at radius 3 is 2.17 bits per heavy atom. The van der Waals surface area contributed by atoms with Crippen LogP contribution in [0.5, 0.6) is 11.5 Å². The Balaban J connectivity index is 1.60. The first-order chi connectivity index (χ1) is 14.8. The number of ether oxygens (including phenoxy) is 2. The van der Waals surface area contributed by atoms with E-state index in [0.29, 0.717) is 37.6 Å². The molecule has 30 heavy (non-hydrogen) atoms. The van der Waals surface area contributed by atoms with E-state index in [-0.39, 0.29) is 12.3 Å². The van der Waals surface area contributed by atoms with Crippen molar-refractivity contribution in [2.24, 2.45) is 0 Å². The third kappa shape index (κ3) is 6.39. The van der Waals surface area contributed by atoms with Crippen molar-refractivity contribution in [2.75, 3.05) is 19.8 Å². The molecule has 0 N–H and O–H groups in total. The average molecular weight is 400 g/mol. The van der Waals surface area contributed by atoms with Gasteiger partial charge in [-0.2, -0.15) is 5.26 Å². The van der Waals surface area contributed by atoms with Crippen LogP contribution in [-0.4, -0.2) is 30.6 Å². The second-order valence-electron chi connectivity index (χ2n) is 6.66. The van der Waals surface area contributed by atoms with Gasteiger partial charge in [-0.1, -0.05) is 54.6 Å². The van der Waals surface area contributed by atoms with Crippen molar-refractivity contribution in [3.05, 3.63) is 96.1 Å². The van der Waals surface area contributed by atoms with E-state index in [1.807, 2.05) is 66.7 Å². The van der Waals surface area contributed by atoms with Gasteiger partial charge in [0.05, 0.1) is 12.5 Å². The molecule has 0 aromatic heterocycles. The number of benzene rings is 3. The van der Waals surface area contributed by atoms with Crippen LogP contribution in [0.4, 0.5) is 0 Å². The Morgan fingerprint density at radius 2 is 1.47 bits per heavy atom. The van der Waals surface area contributed by atoms with Gasteiger partial charge in [-0.15, -0.1) is 0 Å². The lowest BCUT2D eigenvalue weighted by Crippen LogP contribution is -2.31. The minimum atomic E-state index is -0.125. The van der Waals surface area contributed by atoms with Crippen LogP contribution < -0.4 is 9.47 Å². The first-order valence-corrected chi connectivity index (χ1v) is 9.87. The highest BCUT2D eigenvalue weighted by molar-refractivity contribution is 5.94. The Hall–Kier alpha value is -3.78. The number of carbonyl (C=O) groups is 1. The van der Waals surface area contributed by atoms with Gasteiger partial charge in [-0.3, -0.25) is 4.79 Å². The Morgan fingerprint density at radius 1 is 0.833 bits per heavy atom. The third-order valence-electron chi connectivity index (χ3n) is 4.44. The molecule has 0 aliphatic rings. The standard InChI is InChI=1S/C25H24N2O3/c26-15-8-16-27(20-21-9-3-1-4-10-21)25(28)22-11-7-14-24(19-22)30-18-17-29-23-12-5-2-6-13-23/h1-7,9-14,19H,8,16-18,20H2. The van der Waals surface area contributed by atoms with Gasteiger partial charge in [-0.25, -0.2) is 0 Å². The zero-order valence-corrected chi connectivity index (χ0v) is 16.7. The maximum absolute atomic E-state index is 13.1. The largest absolute Gasteiger partial charge is 0.490 e. The second-order valence-corrected chi connectivity index (χ2v) is 6.66. The Kier molecular flexibility index (Phi) is 7.87. The molecule has 5 heteroatoms. The van der Waals surface area contributed by atoms with Crippen LogP contribution in [0.1, 0.15) is 22.3 Å². The monoisotopic (exact) mass is 400 g/mol. The fourth-order valence-electron chi connectivity index (χ4n) is 2.98. The van der Waals surface area contributed by atoms with E-state index in [1.165, 1.54) is 0 Å². The normalized spacial score (nSPS) is 10.1. The van der Waals surface area contributed by atoms with Crippen LogP contribution in [0, 0.1) is 11.3 Å². The first-order valence-electron chi connectivity index (χ1n) is 9.87. The van der Waals surface area contributed by atoms with Gasteiger partial charge in [0.25, 0.3) is 5.91 Å². The molecule has 3 aromatic carbocycles. The molecular weight excluding hydrogens is 376 g/mol. The van der Waals surface area contributed by atoms with Gasteiger partial charge >= 0.3 is 0 Å². The lowest BCUT2D eigenvalue weighted by Gasteiger charge is -2.22. The Bertz CT molecular complexity index is 968. The van der Waals surface area contributed by atoms with E-state index >= 15 is 0 Å². The van der Waals surface area contributed by atoms with Crippen molar-refractivity contribution in [1.82, 2.24) is 4.90 Å². The molecule has 3 aromatic rings. The van der Waals surface area contributed by atoms with Crippen molar-refractivity contribution < 1.29 is 14.3 Å². The molecule has 0 fully saturated rings. The summed E-state index contributed by atoms with van der Waals surface area (Å²) in [6.45, 7) is 1.61. The zero-order valence-electron chi connectivity index (χ0n) is 16.7. The van der Waals surface area contributed by atoms with Crippen LogP contribution in [0.15, 0.2) is 84.9 Å². The molecular formula is C25H24N2O3. The number of para-hydroxylation sites is 1. The van der Waals surface area contributed by atoms with E-state index in [0.717, 1.165) is 11.3 Å². The summed E-state index contributed by atoms with van der Waals surface area (Å²) in [5.74, 6) is 1.27. The van der Waals surface area contributed by atoms with E-state index in [4.69, 9.17) is 14.7 Å². The topological polar surface area (TPSA) is 62.6 Å². The molecule has 0 unspecified atom stereocenters. The zero-order chi connectivity index (χ0) is 21.0. The van der Waals surface area contributed by atoms with Crippen molar-refractivity contribution in [2.45, 2.75) is 13.0 Å². The summed E-state index contributed by atoms with van der Waals surface area (Å²) in [6, 6.07) is 28.5. The summed E-state index contributed by atoms with van der Waals surface area (Å²) >= 11 is 0. The predicted octanol–water partition coefficient (Wildman–Crippen LogP) is 4.70. The van der Waals surface area contributed by atoms with Crippen LogP contribution >= 0.6 is 0 Å². The molecule has 0 radical (unpaired) electrons. The summed E-state index contributed by atoms with van der Waals surface area (Å²) in [5.41, 5.74) is 1.56. The minimum Gasteiger partial charge on any atom is -0.490 e. The van der Waals surface area contributed by atoms with Crippen LogP contribution in [0.25, 0.3) is 0 Å². The van der Waals surface area contributed by atoms with E-state index < -0.39 is 0 Å². The molecule has 0 saturated heterocycles. The molecule has 0 bridgehead atoms. The quantitative estimate of drug-likeness (QED) is 0.463. The van der Waals surface area contributed by atoms with E-state index in [2.05, 4.69) is 6.07 Å². The van der Waals surface area contributed by atoms with Crippen molar-refractivity contribution in [3.63, 3.8) is 0 Å². The summed E-state index contributed by atoms with van der Waals surface area (Å²) in [4.78, 5) is 14.7. The number of rotatable bonds is 10. The number of hydrogen-bond donors (Lipinski definition) is 0. The van der Waals surface area contributed by atoms with E-state index in [9.17, 15) is 4.79 Å². The molecule has 0 heterocycles. The average Bonchev–Trinajstić information content (AvgIpc) is 2.80. The van der Waals surface area contributed by atoms with Gasteiger partial charge in [0, 0.05) is 18.7 Å². The van der Waals surface area contributed by atoms with Crippen molar-refractivity contribution in [1.29, 1.82) is 5.26 Å². The summed E-state index contributed by atoms with van der Waals surface area (Å²) < 4.78 is 11.4. The van der Waals surface area contributed by atoms with Crippen molar-refractivity contribution >= 4 is 5.91 Å². The summed E-state index contributed by atoms with van der Waals surface area (Å²) in [6.07, 6.45) is 0.283. The van der Waals surface area contributed by atoms with Gasteiger partial charge in [0.2, 0.25) is 0 Å². The molecule has 0 aliphatic carbocycles. The van der Waals surface area contributed by atoms with Crippen LogP contribution in [0.3, 0.4) is 0 Å². The third-order valence-corrected chi connectivity index (χ3v) is 4.44. The summed E-state index contributed by atoms with van der Waals surface area (Å²) in [5, 5.41) is 8.96. The summed E-state index contributed by atoms with van der Waals surface area (Å²) in [7, 11) is 0. The molecule has 0 saturated carbocycles. The smallest absolute Gasteiger partial charge is 0.254 e. The number of nitrogens with zero attached hydrogens (tertiary/aromatic N) is 2. The lowest BCUT2D eigenvalue weighted by molar-refractivity contribution is 0.0746. The second kappa shape index (κ2) is 11.3. The fraction of sp³-hybridized carbons (Fsp3) is 0.200. The first kappa shape index (κ1) is 20.9. The predicted molar refractivity (Wildman–Crippen MR) is 115 cm³/mol. The minimum absolute atomic E-state index is 0.125. The van der Waals surface area contributed by atoms with Crippen LogP contribution in [-0.2, 0) is 6.54 Å². The highest BCUT2D eigenvalue weighted by Gasteiger charge is 2.16. The number of nitriles is 1. The fourth-order valence-corrected chi connectivity index (χ4v) is 2.98. The molecule has 0 spiro atoms. The molecule has 5 nitrogen and oxygen atoms in total. The molecule has 152 valence electrons.